The van der Waals surface area contributed by atoms with E-state index in [1.54, 1.807) is 0 Å². The number of benzene rings is 13. The van der Waals surface area contributed by atoms with E-state index < -0.39 is 0 Å². The fourth-order valence-electron chi connectivity index (χ4n) is 11.0. The molecular weight excluding hydrogens is 783 g/mol. The fraction of sp³-hybridized carbons (Fsp3) is 0. The van der Waals surface area contributed by atoms with Crippen LogP contribution < -0.4 is 4.90 Å². The van der Waals surface area contributed by atoms with Crippen LogP contribution in [-0.4, -0.2) is 0 Å². The molecule has 0 atom stereocenters. The molecule has 0 saturated heterocycles. The molecule has 0 aliphatic rings. The van der Waals surface area contributed by atoms with Gasteiger partial charge in [0.25, 0.3) is 0 Å². The first-order valence-electron chi connectivity index (χ1n) is 22.6. The predicted octanol–water partition coefficient (Wildman–Crippen LogP) is 18.3. The van der Waals surface area contributed by atoms with Gasteiger partial charge in [-0.05, 0) is 168 Å². The van der Waals surface area contributed by atoms with Gasteiger partial charge in [-0.15, -0.1) is 0 Å². The minimum atomic E-state index is 1.10. The molecule has 300 valence electrons. The molecule has 0 bridgehead atoms. The zero-order valence-corrected chi connectivity index (χ0v) is 35.5. The molecule has 0 saturated carbocycles. The molecule has 0 heterocycles. The van der Waals surface area contributed by atoms with Crippen molar-refractivity contribution < 1.29 is 0 Å². The van der Waals surface area contributed by atoms with Crippen molar-refractivity contribution in [1.29, 1.82) is 0 Å². The Morgan fingerprint density at radius 3 is 1.22 bits per heavy atom. The minimum absolute atomic E-state index is 1.10. The summed E-state index contributed by atoms with van der Waals surface area (Å²) in [6, 6.07) is 88.2. The van der Waals surface area contributed by atoms with Gasteiger partial charge in [-0.25, -0.2) is 0 Å². The van der Waals surface area contributed by atoms with E-state index in [1.165, 1.54) is 119 Å². The molecule has 14 aromatic carbocycles. The quantitative estimate of drug-likeness (QED) is 0.156. The third kappa shape index (κ3) is 5.59. The molecular formula is C64H39N. The van der Waals surface area contributed by atoms with Crippen LogP contribution in [0, 0.1) is 0 Å². The Bertz CT molecular complexity index is 4210. The maximum absolute atomic E-state index is 2.46. The van der Waals surface area contributed by atoms with Crippen LogP contribution in [0.3, 0.4) is 0 Å². The lowest BCUT2D eigenvalue weighted by Crippen LogP contribution is -2.10. The van der Waals surface area contributed by atoms with Gasteiger partial charge in [0.15, 0.2) is 0 Å². The van der Waals surface area contributed by atoms with Crippen molar-refractivity contribution in [2.45, 2.75) is 0 Å². The molecule has 14 aromatic rings. The molecule has 65 heavy (non-hydrogen) atoms. The minimum Gasteiger partial charge on any atom is -0.310 e. The first kappa shape index (κ1) is 36.0. The van der Waals surface area contributed by atoms with Gasteiger partial charge in [0.1, 0.15) is 0 Å². The van der Waals surface area contributed by atoms with Crippen LogP contribution in [0.25, 0.3) is 119 Å². The normalized spacial score (nSPS) is 12.0. The van der Waals surface area contributed by atoms with Crippen molar-refractivity contribution in [1.82, 2.24) is 0 Å². The monoisotopic (exact) mass is 821 g/mol. The molecule has 0 fully saturated rings. The summed E-state index contributed by atoms with van der Waals surface area (Å²) in [6.45, 7) is 0. The number of hydrogen-bond donors (Lipinski definition) is 0. The number of rotatable bonds is 5. The molecule has 0 N–H and O–H groups in total. The predicted molar refractivity (Wildman–Crippen MR) is 281 cm³/mol. The van der Waals surface area contributed by atoms with Gasteiger partial charge < -0.3 is 4.90 Å². The highest BCUT2D eigenvalue weighted by molar-refractivity contribution is 6.37. The van der Waals surface area contributed by atoms with Crippen LogP contribution in [0.4, 0.5) is 17.1 Å². The molecule has 1 nitrogen and oxygen atoms in total. The van der Waals surface area contributed by atoms with Gasteiger partial charge in [0.2, 0.25) is 0 Å². The van der Waals surface area contributed by atoms with Gasteiger partial charge in [-0.2, -0.15) is 0 Å². The first-order chi connectivity index (χ1) is 32.2. The average molecular weight is 822 g/mol. The van der Waals surface area contributed by atoms with Crippen LogP contribution >= 0.6 is 0 Å². The van der Waals surface area contributed by atoms with Crippen molar-refractivity contribution >= 4 is 114 Å². The third-order valence-electron chi connectivity index (χ3n) is 14.1. The van der Waals surface area contributed by atoms with Crippen LogP contribution in [0.2, 0.25) is 0 Å². The van der Waals surface area contributed by atoms with Gasteiger partial charge in [0, 0.05) is 17.1 Å². The van der Waals surface area contributed by atoms with E-state index in [0.29, 0.717) is 0 Å². The summed E-state index contributed by atoms with van der Waals surface area (Å²) in [6.07, 6.45) is 0. The number of nitrogens with zero attached hydrogens (tertiary/aromatic N) is 1. The Kier molecular flexibility index (Phi) is 7.75. The summed E-state index contributed by atoms with van der Waals surface area (Å²) in [7, 11) is 0. The molecule has 0 aromatic heterocycles. The standard InChI is InChI=1S/C64H39N/c1-2-10-47-36-48(23-18-40(47)8-1)41-26-31-52(32-27-41)65(53-33-28-42(29-34-53)49-30-35-56-50(37-49)24-19-43-9-3-4-14-55(43)56)54-38-51-25-22-46-12-6-16-58-57-15-5-11-44-20-21-45-13-7-17-59(63(45)61(44)57)60(39-54)64(51)62(46)58/h1-39H. The topological polar surface area (TPSA) is 3.24 Å². The Labute approximate surface area is 376 Å². The molecule has 1 heteroatoms. The first-order valence-corrected chi connectivity index (χ1v) is 22.6. The van der Waals surface area contributed by atoms with Gasteiger partial charge in [0.05, 0.1) is 0 Å². The maximum Gasteiger partial charge on any atom is 0.0474 e. The van der Waals surface area contributed by atoms with E-state index in [0.717, 1.165) is 17.1 Å². The highest BCUT2D eigenvalue weighted by Gasteiger charge is 2.20. The number of hydrogen-bond acceptors (Lipinski definition) is 1. The highest BCUT2D eigenvalue weighted by atomic mass is 15.1. The molecule has 0 aliphatic carbocycles. The molecule has 0 amide bonds. The zero-order chi connectivity index (χ0) is 42.6. The van der Waals surface area contributed by atoms with Gasteiger partial charge in [-0.1, -0.05) is 188 Å². The molecule has 0 aliphatic heterocycles. The second kappa shape index (κ2) is 14.0. The second-order valence-corrected chi connectivity index (χ2v) is 17.6. The summed E-state index contributed by atoms with van der Waals surface area (Å²) in [5.74, 6) is 0. The van der Waals surface area contributed by atoms with Crippen molar-refractivity contribution in [3.8, 4) is 22.3 Å². The van der Waals surface area contributed by atoms with E-state index in [2.05, 4.69) is 241 Å². The van der Waals surface area contributed by atoms with Crippen LogP contribution in [0.5, 0.6) is 0 Å². The summed E-state index contributed by atoms with van der Waals surface area (Å²) in [5.41, 5.74) is 8.12. The summed E-state index contributed by atoms with van der Waals surface area (Å²) < 4.78 is 0. The summed E-state index contributed by atoms with van der Waals surface area (Å²) in [5, 5.41) is 22.9. The number of anilines is 3. The third-order valence-corrected chi connectivity index (χ3v) is 14.1. The largest absolute Gasteiger partial charge is 0.310 e. The zero-order valence-electron chi connectivity index (χ0n) is 35.5. The molecule has 0 spiro atoms. The van der Waals surface area contributed by atoms with Crippen LogP contribution in [0.1, 0.15) is 0 Å². The molecule has 14 rings (SSSR count). The summed E-state index contributed by atoms with van der Waals surface area (Å²) in [4.78, 5) is 2.44. The Morgan fingerprint density at radius 1 is 0.185 bits per heavy atom. The van der Waals surface area contributed by atoms with Crippen molar-refractivity contribution in [2.75, 3.05) is 4.90 Å². The van der Waals surface area contributed by atoms with Crippen molar-refractivity contribution in [3.63, 3.8) is 0 Å². The van der Waals surface area contributed by atoms with Gasteiger partial charge >= 0.3 is 0 Å². The lowest BCUT2D eigenvalue weighted by Gasteiger charge is -2.27. The maximum atomic E-state index is 2.46. The highest BCUT2D eigenvalue weighted by Crippen LogP contribution is 2.46. The Hall–Kier alpha value is -8.52. The average Bonchev–Trinajstić information content (AvgIpc) is 3.37. The molecule has 0 unspecified atom stereocenters. The van der Waals surface area contributed by atoms with E-state index in [-0.39, 0.29) is 0 Å². The van der Waals surface area contributed by atoms with Crippen LogP contribution in [0.15, 0.2) is 237 Å². The van der Waals surface area contributed by atoms with Crippen LogP contribution in [-0.2, 0) is 0 Å². The van der Waals surface area contributed by atoms with E-state index >= 15 is 0 Å². The lowest BCUT2D eigenvalue weighted by atomic mass is 9.87. The van der Waals surface area contributed by atoms with E-state index in [9.17, 15) is 0 Å². The Balaban J connectivity index is 0.995. The second-order valence-electron chi connectivity index (χ2n) is 17.6. The van der Waals surface area contributed by atoms with E-state index in [1.807, 2.05) is 0 Å². The Morgan fingerprint density at radius 2 is 0.585 bits per heavy atom. The SMILES string of the molecule is c1ccc2cc(-c3ccc(N(c4ccc(-c5ccc6c(ccc7ccccc76)c5)cc4)c4cc5ccc6cccc7c8cccc9ccc%10cccc(c(c4)c5c67)c%10c98)cc3)ccc2c1. The fourth-order valence-corrected chi connectivity index (χ4v) is 11.0. The van der Waals surface area contributed by atoms with Crippen molar-refractivity contribution in [3.05, 3.63) is 237 Å². The lowest BCUT2D eigenvalue weighted by molar-refractivity contribution is 1.29. The van der Waals surface area contributed by atoms with E-state index in [4.69, 9.17) is 0 Å². The summed E-state index contributed by atoms with van der Waals surface area (Å²) >= 11 is 0. The smallest absolute Gasteiger partial charge is 0.0474 e. The van der Waals surface area contributed by atoms with Gasteiger partial charge in [-0.3, -0.25) is 0 Å². The number of fused-ring (bicyclic) bond motifs is 6. The molecule has 0 radical (unpaired) electrons. The van der Waals surface area contributed by atoms with Crippen molar-refractivity contribution in [2.24, 2.45) is 0 Å².